The van der Waals surface area contributed by atoms with Crippen molar-refractivity contribution < 1.29 is 4.42 Å². The van der Waals surface area contributed by atoms with E-state index in [0.29, 0.717) is 0 Å². The summed E-state index contributed by atoms with van der Waals surface area (Å²) in [6.45, 7) is 2.15. The zero-order chi connectivity index (χ0) is 10.8. The highest BCUT2D eigenvalue weighted by Crippen LogP contribution is 2.31. The predicted molar refractivity (Wildman–Crippen MR) is 66.1 cm³/mol. The second-order valence-electron chi connectivity index (χ2n) is 3.28. The monoisotopic (exact) mass is 285 g/mol. The topological polar surface area (TPSA) is 39.2 Å². The Hall–Kier alpha value is -0.580. The van der Waals surface area contributed by atoms with Crippen LogP contribution in [0.25, 0.3) is 0 Å². The van der Waals surface area contributed by atoms with E-state index in [1.54, 1.807) is 17.6 Å². The SMILES string of the molecule is CCc1ccc(C(N)c2ccoc2Br)s1. The molecule has 0 spiro atoms. The molecule has 0 aliphatic carbocycles. The van der Waals surface area contributed by atoms with Gasteiger partial charge in [-0.25, -0.2) is 0 Å². The molecule has 0 fully saturated rings. The van der Waals surface area contributed by atoms with Gasteiger partial charge in [-0.2, -0.15) is 0 Å². The number of hydrogen-bond donors (Lipinski definition) is 1. The zero-order valence-electron chi connectivity index (χ0n) is 8.37. The van der Waals surface area contributed by atoms with Crippen molar-refractivity contribution >= 4 is 27.3 Å². The largest absolute Gasteiger partial charge is 0.457 e. The molecule has 80 valence electrons. The lowest BCUT2D eigenvalue weighted by Gasteiger charge is -2.06. The maximum Gasteiger partial charge on any atom is 0.174 e. The number of furan rings is 1. The number of rotatable bonds is 3. The molecular weight excluding hydrogens is 274 g/mol. The van der Waals surface area contributed by atoms with Crippen molar-refractivity contribution in [2.45, 2.75) is 19.4 Å². The van der Waals surface area contributed by atoms with Crippen molar-refractivity contribution in [2.24, 2.45) is 5.73 Å². The van der Waals surface area contributed by atoms with Gasteiger partial charge in [0.1, 0.15) is 0 Å². The number of aryl methyl sites for hydroxylation is 1. The molecule has 0 aliphatic heterocycles. The highest BCUT2D eigenvalue weighted by atomic mass is 79.9. The van der Waals surface area contributed by atoms with E-state index in [-0.39, 0.29) is 6.04 Å². The Morgan fingerprint density at radius 1 is 1.47 bits per heavy atom. The molecule has 2 rings (SSSR count). The zero-order valence-corrected chi connectivity index (χ0v) is 10.8. The molecule has 4 heteroatoms. The lowest BCUT2D eigenvalue weighted by atomic mass is 10.1. The minimum absolute atomic E-state index is 0.0941. The van der Waals surface area contributed by atoms with Gasteiger partial charge in [-0.15, -0.1) is 11.3 Å². The normalized spacial score (nSPS) is 13.0. The Morgan fingerprint density at radius 2 is 2.27 bits per heavy atom. The van der Waals surface area contributed by atoms with E-state index < -0.39 is 0 Å². The average Bonchev–Trinajstić information content (AvgIpc) is 2.84. The Morgan fingerprint density at radius 3 is 2.80 bits per heavy atom. The maximum atomic E-state index is 6.15. The van der Waals surface area contributed by atoms with Crippen LogP contribution in [0.3, 0.4) is 0 Å². The summed E-state index contributed by atoms with van der Waals surface area (Å²) in [5.74, 6) is 0. The molecule has 2 aromatic rings. The summed E-state index contributed by atoms with van der Waals surface area (Å²) in [6.07, 6.45) is 2.71. The molecule has 0 amide bonds. The third-order valence-corrected chi connectivity index (χ3v) is 4.28. The molecule has 2 aromatic heterocycles. The fraction of sp³-hybridized carbons (Fsp3) is 0.273. The first-order valence-electron chi connectivity index (χ1n) is 4.79. The van der Waals surface area contributed by atoms with E-state index in [4.69, 9.17) is 10.2 Å². The summed E-state index contributed by atoms with van der Waals surface area (Å²) in [7, 11) is 0. The van der Waals surface area contributed by atoms with Crippen molar-refractivity contribution in [1.29, 1.82) is 0 Å². The van der Waals surface area contributed by atoms with Crippen LogP contribution < -0.4 is 5.73 Å². The van der Waals surface area contributed by atoms with Crippen LogP contribution in [0, 0.1) is 0 Å². The van der Waals surface area contributed by atoms with Gasteiger partial charge < -0.3 is 10.2 Å². The van der Waals surface area contributed by atoms with Crippen molar-refractivity contribution in [1.82, 2.24) is 0 Å². The second kappa shape index (κ2) is 4.51. The summed E-state index contributed by atoms with van der Waals surface area (Å²) < 4.78 is 5.91. The van der Waals surface area contributed by atoms with Crippen LogP contribution in [0.5, 0.6) is 0 Å². The molecule has 1 unspecified atom stereocenters. The number of thiophene rings is 1. The van der Waals surface area contributed by atoms with Crippen molar-refractivity contribution in [3.05, 3.63) is 44.4 Å². The van der Waals surface area contributed by atoms with Crippen LogP contribution in [-0.4, -0.2) is 0 Å². The third-order valence-electron chi connectivity index (χ3n) is 2.32. The van der Waals surface area contributed by atoms with Gasteiger partial charge in [-0.3, -0.25) is 0 Å². The molecule has 2 heterocycles. The molecule has 0 aromatic carbocycles. The molecular formula is C11H12BrNOS. The van der Waals surface area contributed by atoms with Gasteiger partial charge in [-0.1, -0.05) is 6.92 Å². The minimum Gasteiger partial charge on any atom is -0.457 e. The summed E-state index contributed by atoms with van der Waals surface area (Å²) in [6, 6.07) is 6.03. The van der Waals surface area contributed by atoms with Crippen LogP contribution in [0.2, 0.25) is 0 Å². The van der Waals surface area contributed by atoms with E-state index in [1.165, 1.54) is 9.75 Å². The summed E-state index contributed by atoms with van der Waals surface area (Å²) in [5, 5.41) is 0. The van der Waals surface area contributed by atoms with Crippen LogP contribution >= 0.6 is 27.3 Å². The molecule has 0 radical (unpaired) electrons. The van der Waals surface area contributed by atoms with Gasteiger partial charge in [0.2, 0.25) is 0 Å². The molecule has 0 saturated heterocycles. The Labute approximate surface area is 101 Å². The van der Waals surface area contributed by atoms with Crippen LogP contribution in [-0.2, 0) is 6.42 Å². The lowest BCUT2D eigenvalue weighted by Crippen LogP contribution is -2.09. The smallest absolute Gasteiger partial charge is 0.174 e. The quantitative estimate of drug-likeness (QED) is 0.934. The van der Waals surface area contributed by atoms with Gasteiger partial charge in [0.25, 0.3) is 0 Å². The van der Waals surface area contributed by atoms with Gasteiger partial charge in [-0.05, 0) is 40.5 Å². The first kappa shape index (κ1) is 10.9. The van der Waals surface area contributed by atoms with E-state index in [9.17, 15) is 0 Å². The van der Waals surface area contributed by atoms with Crippen molar-refractivity contribution in [3.63, 3.8) is 0 Å². The van der Waals surface area contributed by atoms with E-state index in [1.807, 2.05) is 6.07 Å². The Balaban J connectivity index is 2.28. The molecule has 15 heavy (non-hydrogen) atoms. The number of nitrogens with two attached hydrogens (primary N) is 1. The second-order valence-corrected chi connectivity index (χ2v) is 5.21. The molecule has 0 saturated carbocycles. The number of halogens is 1. The van der Waals surface area contributed by atoms with Crippen molar-refractivity contribution in [2.75, 3.05) is 0 Å². The van der Waals surface area contributed by atoms with Gasteiger partial charge in [0.15, 0.2) is 4.67 Å². The van der Waals surface area contributed by atoms with Gasteiger partial charge >= 0.3 is 0 Å². The summed E-state index contributed by atoms with van der Waals surface area (Å²) >= 11 is 5.11. The Kier molecular flexibility index (Phi) is 3.29. The highest BCUT2D eigenvalue weighted by Gasteiger charge is 2.15. The lowest BCUT2D eigenvalue weighted by molar-refractivity contribution is 0.535. The first-order valence-corrected chi connectivity index (χ1v) is 6.40. The van der Waals surface area contributed by atoms with Crippen LogP contribution in [0.4, 0.5) is 0 Å². The molecule has 0 bridgehead atoms. The highest BCUT2D eigenvalue weighted by molar-refractivity contribution is 9.10. The van der Waals surface area contributed by atoms with Crippen LogP contribution in [0.1, 0.15) is 28.3 Å². The summed E-state index contributed by atoms with van der Waals surface area (Å²) in [5.41, 5.74) is 7.15. The van der Waals surface area contributed by atoms with Crippen molar-refractivity contribution in [3.8, 4) is 0 Å². The fourth-order valence-corrected chi connectivity index (χ4v) is 2.89. The van der Waals surface area contributed by atoms with E-state index >= 15 is 0 Å². The van der Waals surface area contributed by atoms with Gasteiger partial charge in [0, 0.05) is 15.3 Å². The first-order chi connectivity index (χ1) is 7.22. The Bertz CT molecular complexity index is 449. The standard InChI is InChI=1S/C11H12BrNOS/c1-2-7-3-4-9(15-7)10(13)8-5-6-14-11(8)12/h3-6,10H,2,13H2,1H3. The summed E-state index contributed by atoms with van der Waals surface area (Å²) in [4.78, 5) is 2.54. The molecule has 2 nitrogen and oxygen atoms in total. The van der Waals surface area contributed by atoms with Gasteiger partial charge in [0.05, 0.1) is 12.3 Å². The van der Waals surface area contributed by atoms with Crippen LogP contribution in [0.15, 0.2) is 33.5 Å². The third kappa shape index (κ3) is 2.17. The molecule has 1 atom stereocenters. The fourth-order valence-electron chi connectivity index (χ4n) is 1.43. The number of hydrogen-bond acceptors (Lipinski definition) is 3. The minimum atomic E-state index is -0.0941. The molecule has 2 N–H and O–H groups in total. The predicted octanol–water partition coefficient (Wildman–Crippen LogP) is 3.71. The van der Waals surface area contributed by atoms with E-state index in [2.05, 4.69) is 35.0 Å². The molecule has 0 aliphatic rings. The maximum absolute atomic E-state index is 6.15. The van der Waals surface area contributed by atoms with E-state index in [0.717, 1.165) is 16.7 Å². The average molecular weight is 286 g/mol.